The van der Waals surface area contributed by atoms with Gasteiger partial charge in [0.05, 0.1) is 6.10 Å². The molecule has 0 spiro atoms. The minimum absolute atomic E-state index is 0.492. The lowest BCUT2D eigenvalue weighted by atomic mass is 10.1. The van der Waals surface area contributed by atoms with E-state index in [1.807, 2.05) is 0 Å². The van der Waals surface area contributed by atoms with E-state index >= 15 is 0 Å². The molecule has 0 aliphatic carbocycles. The zero-order valence-electron chi connectivity index (χ0n) is 9.15. The van der Waals surface area contributed by atoms with Crippen LogP contribution in [0.1, 0.15) is 12.0 Å². The number of ether oxygens (including phenoxy) is 1. The van der Waals surface area contributed by atoms with Crippen molar-refractivity contribution in [2.75, 3.05) is 24.6 Å². The number of benzene rings is 1. The van der Waals surface area contributed by atoms with Gasteiger partial charge in [0.2, 0.25) is 0 Å². The lowest BCUT2D eigenvalue weighted by Crippen LogP contribution is -2.22. The first-order chi connectivity index (χ1) is 7.33. The van der Waals surface area contributed by atoms with Gasteiger partial charge in [-0.15, -0.1) is 0 Å². The summed E-state index contributed by atoms with van der Waals surface area (Å²) in [4.78, 5) is 2.45. The van der Waals surface area contributed by atoms with Crippen molar-refractivity contribution in [1.29, 1.82) is 0 Å². The lowest BCUT2D eigenvalue weighted by Gasteiger charge is -2.19. The predicted octanol–water partition coefficient (Wildman–Crippen LogP) is 2.22. The van der Waals surface area contributed by atoms with Crippen LogP contribution in [0.15, 0.2) is 24.3 Å². The van der Waals surface area contributed by atoms with E-state index < -0.39 is 0 Å². The summed E-state index contributed by atoms with van der Waals surface area (Å²) in [7, 11) is 0. The van der Waals surface area contributed by atoms with Gasteiger partial charge in [0.25, 0.3) is 0 Å². The maximum Gasteiger partial charge on any atom is 0.0795 e. The Hall–Kier alpha value is -1.02. The molecule has 2 fully saturated rings. The third-order valence-electron chi connectivity index (χ3n) is 3.60. The number of hydrogen-bond acceptors (Lipinski definition) is 2. The molecule has 2 heterocycles. The van der Waals surface area contributed by atoms with E-state index in [9.17, 15) is 0 Å². The topological polar surface area (TPSA) is 12.5 Å². The number of hydrogen-bond donors (Lipinski definition) is 0. The average molecular weight is 203 g/mol. The molecule has 0 N–H and O–H groups in total. The van der Waals surface area contributed by atoms with E-state index in [1.54, 1.807) is 0 Å². The monoisotopic (exact) mass is 203 g/mol. The van der Waals surface area contributed by atoms with Crippen LogP contribution in [0.2, 0.25) is 0 Å². The quantitative estimate of drug-likeness (QED) is 0.694. The van der Waals surface area contributed by atoms with E-state index in [2.05, 4.69) is 36.1 Å². The molecule has 2 saturated heterocycles. The molecule has 2 aliphatic rings. The highest BCUT2D eigenvalue weighted by Gasteiger charge is 2.37. The van der Waals surface area contributed by atoms with Crippen LogP contribution in [-0.2, 0) is 4.74 Å². The Labute approximate surface area is 90.8 Å². The van der Waals surface area contributed by atoms with Crippen molar-refractivity contribution in [3.8, 4) is 0 Å². The summed E-state index contributed by atoms with van der Waals surface area (Å²) in [6.45, 7) is 5.35. The van der Waals surface area contributed by atoms with Crippen LogP contribution >= 0.6 is 0 Å². The summed E-state index contributed by atoms with van der Waals surface area (Å²) < 4.78 is 5.71. The van der Waals surface area contributed by atoms with Crippen molar-refractivity contribution in [3.63, 3.8) is 0 Å². The van der Waals surface area contributed by atoms with Crippen LogP contribution in [0.3, 0.4) is 0 Å². The van der Waals surface area contributed by atoms with Crippen LogP contribution < -0.4 is 4.90 Å². The van der Waals surface area contributed by atoms with Crippen molar-refractivity contribution in [2.45, 2.75) is 19.4 Å². The molecule has 1 aromatic carbocycles. The highest BCUT2D eigenvalue weighted by Crippen LogP contribution is 2.31. The predicted molar refractivity (Wildman–Crippen MR) is 61.2 cm³/mol. The zero-order chi connectivity index (χ0) is 10.3. The maximum atomic E-state index is 5.71. The van der Waals surface area contributed by atoms with E-state index in [0.29, 0.717) is 6.10 Å². The van der Waals surface area contributed by atoms with Crippen LogP contribution in [-0.4, -0.2) is 25.8 Å². The van der Waals surface area contributed by atoms with Crippen LogP contribution in [0.5, 0.6) is 0 Å². The third kappa shape index (κ3) is 1.63. The molecule has 0 aromatic heterocycles. The molecule has 15 heavy (non-hydrogen) atoms. The van der Waals surface area contributed by atoms with E-state index in [4.69, 9.17) is 4.74 Å². The van der Waals surface area contributed by atoms with Gasteiger partial charge in [0.15, 0.2) is 0 Å². The van der Waals surface area contributed by atoms with Crippen molar-refractivity contribution in [1.82, 2.24) is 0 Å². The largest absolute Gasteiger partial charge is 0.376 e. The van der Waals surface area contributed by atoms with Crippen LogP contribution in [0, 0.1) is 12.8 Å². The molecule has 0 saturated carbocycles. The SMILES string of the molecule is Cc1ccc(N2CC3CCOC3C2)cc1. The fourth-order valence-electron chi connectivity index (χ4n) is 2.64. The fourth-order valence-corrected chi connectivity index (χ4v) is 2.64. The van der Waals surface area contributed by atoms with Gasteiger partial charge in [0, 0.05) is 31.3 Å². The standard InChI is InChI=1S/C13H17NO/c1-10-2-4-12(5-3-10)14-8-11-6-7-15-13(11)9-14/h2-5,11,13H,6-9H2,1H3. The van der Waals surface area contributed by atoms with Crippen molar-refractivity contribution >= 4 is 5.69 Å². The molecule has 1 aromatic rings. The second-order valence-corrected chi connectivity index (χ2v) is 4.70. The Balaban J connectivity index is 1.76. The van der Waals surface area contributed by atoms with Gasteiger partial charge >= 0.3 is 0 Å². The molecule has 2 unspecified atom stereocenters. The van der Waals surface area contributed by atoms with Gasteiger partial charge in [-0.2, -0.15) is 0 Å². The number of anilines is 1. The minimum atomic E-state index is 0.492. The van der Waals surface area contributed by atoms with Crippen molar-refractivity contribution in [3.05, 3.63) is 29.8 Å². The van der Waals surface area contributed by atoms with Gasteiger partial charge < -0.3 is 9.64 Å². The first-order valence-corrected chi connectivity index (χ1v) is 5.76. The zero-order valence-corrected chi connectivity index (χ0v) is 9.15. The molecular formula is C13H17NO. The highest BCUT2D eigenvalue weighted by molar-refractivity contribution is 5.48. The number of rotatable bonds is 1. The molecule has 0 amide bonds. The second-order valence-electron chi connectivity index (χ2n) is 4.70. The molecule has 0 radical (unpaired) electrons. The van der Waals surface area contributed by atoms with Gasteiger partial charge in [-0.25, -0.2) is 0 Å². The fraction of sp³-hybridized carbons (Fsp3) is 0.538. The van der Waals surface area contributed by atoms with Gasteiger partial charge in [-0.3, -0.25) is 0 Å². The summed E-state index contributed by atoms with van der Waals surface area (Å²) in [6, 6.07) is 8.81. The molecule has 2 aliphatic heterocycles. The Morgan fingerprint density at radius 1 is 1.20 bits per heavy atom. The first-order valence-electron chi connectivity index (χ1n) is 5.76. The van der Waals surface area contributed by atoms with Gasteiger partial charge in [-0.1, -0.05) is 17.7 Å². The van der Waals surface area contributed by atoms with Gasteiger partial charge in [-0.05, 0) is 25.5 Å². The number of fused-ring (bicyclic) bond motifs is 1. The molecule has 0 bridgehead atoms. The Morgan fingerprint density at radius 2 is 2.00 bits per heavy atom. The molecule has 3 rings (SSSR count). The molecule has 2 nitrogen and oxygen atoms in total. The van der Waals surface area contributed by atoms with E-state index in [0.717, 1.165) is 19.1 Å². The van der Waals surface area contributed by atoms with Crippen LogP contribution in [0.25, 0.3) is 0 Å². The summed E-state index contributed by atoms with van der Waals surface area (Å²) >= 11 is 0. The summed E-state index contributed by atoms with van der Waals surface area (Å²) in [5.41, 5.74) is 2.67. The summed E-state index contributed by atoms with van der Waals surface area (Å²) in [6.07, 6.45) is 1.74. The Kier molecular flexibility index (Phi) is 2.17. The summed E-state index contributed by atoms with van der Waals surface area (Å²) in [5, 5.41) is 0. The Bertz CT molecular complexity index is 334. The molecule has 80 valence electrons. The smallest absolute Gasteiger partial charge is 0.0795 e. The normalized spacial score (nSPS) is 29.5. The second kappa shape index (κ2) is 3.53. The third-order valence-corrected chi connectivity index (χ3v) is 3.60. The maximum absolute atomic E-state index is 5.71. The first kappa shape index (κ1) is 9.22. The lowest BCUT2D eigenvalue weighted by molar-refractivity contribution is 0.114. The molecular weight excluding hydrogens is 186 g/mol. The highest BCUT2D eigenvalue weighted by atomic mass is 16.5. The number of aryl methyl sites for hydroxylation is 1. The molecule has 2 atom stereocenters. The Morgan fingerprint density at radius 3 is 2.73 bits per heavy atom. The van der Waals surface area contributed by atoms with Crippen molar-refractivity contribution in [2.24, 2.45) is 5.92 Å². The molecule has 2 heteroatoms. The summed E-state index contributed by atoms with van der Waals surface area (Å²) in [5.74, 6) is 0.770. The van der Waals surface area contributed by atoms with E-state index in [-0.39, 0.29) is 0 Å². The minimum Gasteiger partial charge on any atom is -0.376 e. The van der Waals surface area contributed by atoms with Crippen LogP contribution in [0.4, 0.5) is 5.69 Å². The average Bonchev–Trinajstić information content (AvgIpc) is 2.78. The van der Waals surface area contributed by atoms with E-state index in [1.165, 1.54) is 24.2 Å². The van der Waals surface area contributed by atoms with Gasteiger partial charge in [0.1, 0.15) is 0 Å². The number of nitrogens with zero attached hydrogens (tertiary/aromatic N) is 1. The van der Waals surface area contributed by atoms with Crippen molar-refractivity contribution < 1.29 is 4.74 Å².